The van der Waals surface area contributed by atoms with Crippen LogP contribution >= 0.6 is 11.8 Å². The van der Waals surface area contributed by atoms with E-state index < -0.39 is 5.97 Å². The van der Waals surface area contributed by atoms with E-state index in [9.17, 15) is 9.59 Å². The number of carbonyl (C=O) groups is 2. The second kappa shape index (κ2) is 7.13. The Kier molecular flexibility index (Phi) is 5.21. The number of anilines is 1. The molecule has 1 aromatic heterocycles. The first-order valence-electron chi connectivity index (χ1n) is 6.75. The minimum Gasteiger partial charge on any atom is -0.462 e. The number of nitrogens with zero attached hydrogens (tertiary/aromatic N) is 2. The summed E-state index contributed by atoms with van der Waals surface area (Å²) in [7, 11) is 0. The molecule has 0 aliphatic rings. The van der Waals surface area contributed by atoms with Gasteiger partial charge in [-0.1, -0.05) is 18.2 Å². The van der Waals surface area contributed by atoms with Crippen molar-refractivity contribution in [3.05, 3.63) is 35.9 Å². The fourth-order valence-electron chi connectivity index (χ4n) is 1.97. The summed E-state index contributed by atoms with van der Waals surface area (Å²) in [4.78, 5) is 23.7. The van der Waals surface area contributed by atoms with E-state index >= 15 is 0 Å². The summed E-state index contributed by atoms with van der Waals surface area (Å²) in [6, 6.07) is 9.29. The van der Waals surface area contributed by atoms with Crippen molar-refractivity contribution in [1.29, 1.82) is 0 Å². The van der Waals surface area contributed by atoms with Crippen molar-refractivity contribution < 1.29 is 14.3 Å². The van der Waals surface area contributed by atoms with E-state index in [1.807, 2.05) is 36.6 Å². The molecule has 116 valence electrons. The lowest BCUT2D eigenvalue weighted by Crippen LogP contribution is -2.15. The minimum atomic E-state index is -0.502. The lowest BCUT2D eigenvalue weighted by Gasteiger charge is -2.09. The van der Waals surface area contributed by atoms with Gasteiger partial charge >= 0.3 is 5.97 Å². The van der Waals surface area contributed by atoms with E-state index in [0.717, 1.165) is 5.69 Å². The number of amides is 1. The molecule has 0 bridgehead atoms. The fourth-order valence-corrected chi connectivity index (χ4v) is 2.51. The summed E-state index contributed by atoms with van der Waals surface area (Å²) in [5.74, 6) is -0.463. The van der Waals surface area contributed by atoms with Crippen LogP contribution < -0.4 is 5.32 Å². The number of para-hydroxylation sites is 1. The van der Waals surface area contributed by atoms with E-state index in [0.29, 0.717) is 10.8 Å². The predicted octanol–water partition coefficient (Wildman–Crippen LogP) is 2.73. The largest absolute Gasteiger partial charge is 0.462 e. The molecule has 1 N–H and O–H groups in total. The summed E-state index contributed by atoms with van der Waals surface area (Å²) in [5, 5.41) is 7.61. The van der Waals surface area contributed by atoms with Gasteiger partial charge in [0.25, 0.3) is 0 Å². The van der Waals surface area contributed by atoms with Gasteiger partial charge in [-0.15, -0.1) is 11.8 Å². The number of aromatic nitrogens is 2. The van der Waals surface area contributed by atoms with Gasteiger partial charge in [-0.05, 0) is 25.3 Å². The molecule has 2 rings (SSSR count). The summed E-state index contributed by atoms with van der Waals surface area (Å²) in [6.07, 6.45) is 1.82. The van der Waals surface area contributed by atoms with E-state index in [2.05, 4.69) is 10.4 Å². The highest BCUT2D eigenvalue weighted by Gasteiger charge is 2.26. The maximum absolute atomic E-state index is 12.2. The van der Waals surface area contributed by atoms with Crippen molar-refractivity contribution in [2.45, 2.75) is 18.9 Å². The zero-order valence-corrected chi connectivity index (χ0v) is 13.4. The van der Waals surface area contributed by atoms with Gasteiger partial charge in [-0.3, -0.25) is 4.79 Å². The first-order valence-corrected chi connectivity index (χ1v) is 7.98. The molecule has 6 nitrogen and oxygen atoms in total. The number of rotatable bonds is 5. The minimum absolute atomic E-state index is 0.253. The molecule has 22 heavy (non-hydrogen) atoms. The molecule has 0 saturated heterocycles. The van der Waals surface area contributed by atoms with Gasteiger partial charge in [0.15, 0.2) is 5.82 Å². The second-order valence-corrected chi connectivity index (χ2v) is 5.18. The maximum atomic E-state index is 12.2. The molecule has 0 radical (unpaired) electrons. The predicted molar refractivity (Wildman–Crippen MR) is 85.6 cm³/mol. The zero-order chi connectivity index (χ0) is 16.1. The van der Waals surface area contributed by atoms with Crippen LogP contribution in [0.5, 0.6) is 0 Å². The fraction of sp³-hybridized carbons (Fsp3) is 0.267. The lowest BCUT2D eigenvalue weighted by molar-refractivity contribution is -0.114. The third-order valence-corrected chi connectivity index (χ3v) is 3.49. The monoisotopic (exact) mass is 319 g/mol. The Morgan fingerprint density at radius 1 is 1.32 bits per heavy atom. The molecule has 2 aromatic rings. The van der Waals surface area contributed by atoms with Crippen LogP contribution in [0.15, 0.2) is 35.4 Å². The Morgan fingerprint density at radius 3 is 2.55 bits per heavy atom. The molecule has 1 aromatic carbocycles. The molecule has 0 spiro atoms. The summed E-state index contributed by atoms with van der Waals surface area (Å²) in [6.45, 7) is 3.37. The molecule has 0 aliphatic heterocycles. The molecule has 0 unspecified atom stereocenters. The van der Waals surface area contributed by atoms with Crippen molar-refractivity contribution in [3.63, 3.8) is 0 Å². The van der Waals surface area contributed by atoms with Crippen LogP contribution in [-0.4, -0.2) is 34.5 Å². The second-order valence-electron chi connectivity index (χ2n) is 4.38. The Morgan fingerprint density at radius 2 is 2.00 bits per heavy atom. The van der Waals surface area contributed by atoms with Gasteiger partial charge in [-0.2, -0.15) is 5.10 Å². The molecule has 0 fully saturated rings. The smallest absolute Gasteiger partial charge is 0.344 e. The number of esters is 1. The van der Waals surface area contributed by atoms with E-state index in [1.165, 1.54) is 18.7 Å². The molecule has 0 aliphatic carbocycles. The molecule has 0 saturated carbocycles. The average molecular weight is 319 g/mol. The standard InChI is InChI=1S/C15H17N3O3S/c1-4-21-15(20)12-13(16-10(2)19)18(17-14(12)22-3)11-8-6-5-7-9-11/h5-9H,4H2,1-3H3,(H,16,19). The van der Waals surface area contributed by atoms with Crippen LogP contribution in [-0.2, 0) is 9.53 Å². The maximum Gasteiger partial charge on any atom is 0.344 e. The zero-order valence-electron chi connectivity index (χ0n) is 12.6. The van der Waals surface area contributed by atoms with Gasteiger partial charge in [0.05, 0.1) is 12.3 Å². The molecule has 7 heteroatoms. The number of ether oxygens (including phenoxy) is 1. The van der Waals surface area contributed by atoms with Gasteiger partial charge in [0.2, 0.25) is 5.91 Å². The van der Waals surface area contributed by atoms with Crippen LogP contribution in [0.1, 0.15) is 24.2 Å². The summed E-state index contributed by atoms with van der Waals surface area (Å²) in [5.41, 5.74) is 1.02. The first kappa shape index (κ1) is 16.1. The molecular formula is C15H17N3O3S. The third kappa shape index (κ3) is 3.30. The topological polar surface area (TPSA) is 73.2 Å². The van der Waals surface area contributed by atoms with Crippen LogP contribution in [0, 0.1) is 0 Å². The highest BCUT2D eigenvalue weighted by Crippen LogP contribution is 2.30. The van der Waals surface area contributed by atoms with Crippen molar-refractivity contribution in [2.75, 3.05) is 18.2 Å². The highest BCUT2D eigenvalue weighted by molar-refractivity contribution is 7.98. The first-order chi connectivity index (χ1) is 10.6. The number of hydrogen-bond acceptors (Lipinski definition) is 5. The van der Waals surface area contributed by atoms with Crippen LogP contribution in [0.2, 0.25) is 0 Å². The van der Waals surface area contributed by atoms with E-state index in [1.54, 1.807) is 11.6 Å². The Hall–Kier alpha value is -2.28. The SMILES string of the molecule is CCOC(=O)c1c(SC)nn(-c2ccccc2)c1NC(C)=O. The number of thioether (sulfide) groups is 1. The lowest BCUT2D eigenvalue weighted by atomic mass is 10.3. The number of benzene rings is 1. The third-order valence-electron chi connectivity index (χ3n) is 2.82. The van der Waals surface area contributed by atoms with Crippen LogP contribution in [0.3, 0.4) is 0 Å². The van der Waals surface area contributed by atoms with E-state index in [4.69, 9.17) is 4.74 Å². The van der Waals surface area contributed by atoms with Crippen LogP contribution in [0.4, 0.5) is 5.82 Å². The van der Waals surface area contributed by atoms with E-state index in [-0.39, 0.29) is 18.1 Å². The number of carbonyl (C=O) groups excluding carboxylic acids is 2. The van der Waals surface area contributed by atoms with Crippen molar-refractivity contribution in [1.82, 2.24) is 9.78 Å². The molecule has 0 atom stereocenters. The molecule has 1 amide bonds. The van der Waals surface area contributed by atoms with Gasteiger partial charge < -0.3 is 10.1 Å². The summed E-state index contributed by atoms with van der Waals surface area (Å²) >= 11 is 1.32. The Bertz CT molecular complexity index is 683. The van der Waals surface area contributed by atoms with Gasteiger partial charge in [-0.25, -0.2) is 9.48 Å². The number of hydrogen-bond donors (Lipinski definition) is 1. The van der Waals surface area contributed by atoms with Crippen molar-refractivity contribution in [2.24, 2.45) is 0 Å². The van der Waals surface area contributed by atoms with Crippen molar-refractivity contribution >= 4 is 29.5 Å². The normalized spacial score (nSPS) is 10.3. The highest BCUT2D eigenvalue weighted by atomic mass is 32.2. The van der Waals surface area contributed by atoms with Gasteiger partial charge in [0.1, 0.15) is 10.6 Å². The Labute approximate surface area is 132 Å². The van der Waals surface area contributed by atoms with Gasteiger partial charge in [0, 0.05) is 6.92 Å². The molecule has 1 heterocycles. The Balaban J connectivity index is 2.63. The van der Waals surface area contributed by atoms with Crippen molar-refractivity contribution in [3.8, 4) is 5.69 Å². The van der Waals surface area contributed by atoms with Crippen LogP contribution in [0.25, 0.3) is 5.69 Å². The quantitative estimate of drug-likeness (QED) is 0.677. The summed E-state index contributed by atoms with van der Waals surface area (Å²) < 4.78 is 6.63. The number of nitrogens with one attached hydrogen (secondary N) is 1. The molecular weight excluding hydrogens is 302 g/mol. The average Bonchev–Trinajstić information content (AvgIpc) is 2.86.